The van der Waals surface area contributed by atoms with E-state index >= 15 is 0 Å². The summed E-state index contributed by atoms with van der Waals surface area (Å²) in [7, 11) is 0. The highest BCUT2D eigenvalue weighted by atomic mass is 32.1. The second kappa shape index (κ2) is 5.19. The van der Waals surface area contributed by atoms with Gasteiger partial charge in [-0.15, -0.1) is 11.3 Å². The Labute approximate surface area is 129 Å². The minimum Gasteiger partial charge on any atom is -0.308 e. The van der Waals surface area contributed by atoms with Gasteiger partial charge in [-0.05, 0) is 52.6 Å². The van der Waals surface area contributed by atoms with Gasteiger partial charge in [0.1, 0.15) is 10.7 Å². The number of anilines is 1. The molecular formula is C15H23N5S. The second-order valence-electron chi connectivity index (χ2n) is 6.43. The Morgan fingerprint density at radius 3 is 2.71 bits per heavy atom. The second-order valence-corrected chi connectivity index (χ2v) is 7.64. The van der Waals surface area contributed by atoms with Gasteiger partial charge in [-0.3, -0.25) is 4.90 Å². The Bertz CT molecular complexity index is 676. The van der Waals surface area contributed by atoms with E-state index in [9.17, 15) is 0 Å². The number of nitrogen functional groups attached to an aromatic ring is 1. The summed E-state index contributed by atoms with van der Waals surface area (Å²) in [6.07, 6.45) is 2.48. The molecule has 0 aromatic carbocycles. The Hall–Kier alpha value is -1.24. The standard InChI is InChI=1S/C15H23N5S/c1-9-10(2)21-14-12(9)13(19-16)17-11(18-14)8-20-7-5-6-15(20,3)4/h5-8,16H2,1-4H3,(H,17,18,19). The molecule has 1 saturated heterocycles. The number of nitrogens with two attached hydrogens (primary N) is 1. The van der Waals surface area contributed by atoms with Crippen molar-refractivity contribution in [2.45, 2.75) is 52.6 Å². The van der Waals surface area contributed by atoms with Crippen molar-refractivity contribution < 1.29 is 0 Å². The largest absolute Gasteiger partial charge is 0.308 e. The first-order valence-corrected chi connectivity index (χ1v) is 8.22. The Morgan fingerprint density at radius 2 is 2.10 bits per heavy atom. The van der Waals surface area contributed by atoms with Crippen molar-refractivity contribution >= 4 is 27.4 Å². The number of aromatic nitrogens is 2. The summed E-state index contributed by atoms with van der Waals surface area (Å²) in [5, 5.41) is 1.06. The highest BCUT2D eigenvalue weighted by Crippen LogP contribution is 2.34. The third-order valence-corrected chi connectivity index (χ3v) is 5.72. The molecule has 1 aliphatic heterocycles. The molecule has 6 heteroatoms. The molecule has 0 bridgehead atoms. The number of fused-ring (bicyclic) bond motifs is 1. The maximum absolute atomic E-state index is 5.68. The number of nitrogens with zero attached hydrogens (tertiary/aromatic N) is 3. The van der Waals surface area contributed by atoms with Crippen molar-refractivity contribution in [1.82, 2.24) is 14.9 Å². The number of hydrogen-bond acceptors (Lipinski definition) is 6. The van der Waals surface area contributed by atoms with Crippen molar-refractivity contribution in [2.75, 3.05) is 12.0 Å². The fraction of sp³-hybridized carbons (Fsp3) is 0.600. The lowest BCUT2D eigenvalue weighted by molar-refractivity contribution is 0.162. The van der Waals surface area contributed by atoms with E-state index < -0.39 is 0 Å². The molecule has 1 aliphatic rings. The van der Waals surface area contributed by atoms with Crippen LogP contribution in [0.3, 0.4) is 0 Å². The van der Waals surface area contributed by atoms with Gasteiger partial charge >= 0.3 is 0 Å². The predicted molar refractivity (Wildman–Crippen MR) is 88.4 cm³/mol. The molecule has 114 valence electrons. The van der Waals surface area contributed by atoms with Crippen LogP contribution in [0.1, 0.15) is 43.0 Å². The fourth-order valence-corrected chi connectivity index (χ4v) is 4.14. The first kappa shape index (κ1) is 14.7. The number of hydrazine groups is 1. The zero-order valence-electron chi connectivity index (χ0n) is 13.2. The number of thiophene rings is 1. The molecule has 0 amide bonds. The van der Waals surface area contributed by atoms with E-state index in [1.165, 1.54) is 23.3 Å². The molecule has 3 heterocycles. The molecule has 0 atom stereocenters. The van der Waals surface area contributed by atoms with Crippen LogP contribution in [0.5, 0.6) is 0 Å². The highest BCUT2D eigenvalue weighted by Gasteiger charge is 2.32. The molecule has 0 aliphatic carbocycles. The van der Waals surface area contributed by atoms with Crippen molar-refractivity contribution in [2.24, 2.45) is 5.84 Å². The molecule has 5 nitrogen and oxygen atoms in total. The summed E-state index contributed by atoms with van der Waals surface area (Å²) in [4.78, 5) is 14.2. The van der Waals surface area contributed by atoms with Gasteiger partial charge in [-0.1, -0.05) is 0 Å². The lowest BCUT2D eigenvalue weighted by atomic mass is 10.0. The van der Waals surface area contributed by atoms with Crippen LogP contribution < -0.4 is 11.3 Å². The quantitative estimate of drug-likeness (QED) is 0.674. The van der Waals surface area contributed by atoms with Crippen LogP contribution >= 0.6 is 11.3 Å². The molecule has 21 heavy (non-hydrogen) atoms. The number of hydrogen-bond donors (Lipinski definition) is 2. The van der Waals surface area contributed by atoms with Crippen LogP contribution in [0.4, 0.5) is 5.82 Å². The van der Waals surface area contributed by atoms with E-state index in [-0.39, 0.29) is 5.54 Å². The molecule has 1 fully saturated rings. The molecule has 3 rings (SSSR count). The van der Waals surface area contributed by atoms with E-state index in [2.05, 4.69) is 43.0 Å². The summed E-state index contributed by atoms with van der Waals surface area (Å²) < 4.78 is 0. The van der Waals surface area contributed by atoms with Gasteiger partial charge in [0.15, 0.2) is 5.82 Å². The van der Waals surface area contributed by atoms with Crippen molar-refractivity contribution in [1.29, 1.82) is 0 Å². The monoisotopic (exact) mass is 305 g/mol. The average molecular weight is 305 g/mol. The molecule has 0 radical (unpaired) electrons. The van der Waals surface area contributed by atoms with Gasteiger partial charge in [0.05, 0.1) is 11.9 Å². The van der Waals surface area contributed by atoms with Gasteiger partial charge in [0, 0.05) is 10.4 Å². The maximum atomic E-state index is 5.68. The third-order valence-electron chi connectivity index (χ3n) is 4.62. The lowest BCUT2D eigenvalue weighted by Gasteiger charge is -2.30. The number of likely N-dealkylation sites (tertiary alicyclic amines) is 1. The minimum atomic E-state index is 0.232. The van der Waals surface area contributed by atoms with Crippen LogP contribution in [0, 0.1) is 13.8 Å². The molecule has 2 aromatic rings. The Morgan fingerprint density at radius 1 is 1.33 bits per heavy atom. The average Bonchev–Trinajstić information content (AvgIpc) is 2.90. The summed E-state index contributed by atoms with van der Waals surface area (Å²) in [6.45, 7) is 10.7. The van der Waals surface area contributed by atoms with Gasteiger partial charge in [-0.2, -0.15) is 0 Å². The summed E-state index contributed by atoms with van der Waals surface area (Å²) >= 11 is 1.72. The molecule has 0 spiro atoms. The Balaban J connectivity index is 2.00. The van der Waals surface area contributed by atoms with E-state index in [0.717, 1.165) is 34.9 Å². The zero-order valence-corrected chi connectivity index (χ0v) is 14.0. The first-order valence-electron chi connectivity index (χ1n) is 7.40. The van der Waals surface area contributed by atoms with E-state index in [4.69, 9.17) is 10.8 Å². The fourth-order valence-electron chi connectivity index (χ4n) is 3.10. The molecular weight excluding hydrogens is 282 g/mol. The van der Waals surface area contributed by atoms with Crippen molar-refractivity contribution in [3.8, 4) is 0 Å². The normalized spacial score (nSPS) is 18.5. The van der Waals surface area contributed by atoms with Crippen LogP contribution in [-0.2, 0) is 6.54 Å². The van der Waals surface area contributed by atoms with Gasteiger partial charge in [0.25, 0.3) is 0 Å². The first-order chi connectivity index (χ1) is 9.92. The van der Waals surface area contributed by atoms with Crippen LogP contribution in [-0.4, -0.2) is 27.0 Å². The molecule has 0 unspecified atom stereocenters. The summed E-state index contributed by atoms with van der Waals surface area (Å²) in [5.41, 5.74) is 4.20. The maximum Gasteiger partial charge on any atom is 0.152 e. The predicted octanol–water partition coefficient (Wildman–Crippen LogP) is 2.97. The number of aryl methyl sites for hydroxylation is 2. The van der Waals surface area contributed by atoms with Gasteiger partial charge in [0.2, 0.25) is 0 Å². The van der Waals surface area contributed by atoms with Crippen molar-refractivity contribution in [3.05, 3.63) is 16.3 Å². The summed E-state index contributed by atoms with van der Waals surface area (Å²) in [6, 6.07) is 0. The minimum absolute atomic E-state index is 0.232. The van der Waals surface area contributed by atoms with Crippen LogP contribution in [0.25, 0.3) is 10.2 Å². The van der Waals surface area contributed by atoms with Crippen molar-refractivity contribution in [3.63, 3.8) is 0 Å². The molecule has 2 aromatic heterocycles. The smallest absolute Gasteiger partial charge is 0.152 e. The van der Waals surface area contributed by atoms with E-state index in [1.54, 1.807) is 11.3 Å². The Kier molecular flexibility index (Phi) is 3.63. The highest BCUT2D eigenvalue weighted by molar-refractivity contribution is 7.18. The molecule has 3 N–H and O–H groups in total. The number of rotatable bonds is 3. The SMILES string of the molecule is Cc1sc2nc(CN3CCCC3(C)C)nc(NN)c2c1C. The van der Waals surface area contributed by atoms with Crippen LogP contribution in [0.15, 0.2) is 0 Å². The topological polar surface area (TPSA) is 67.1 Å². The van der Waals surface area contributed by atoms with Crippen LogP contribution in [0.2, 0.25) is 0 Å². The van der Waals surface area contributed by atoms with E-state index in [1.807, 2.05) is 0 Å². The number of nitrogens with one attached hydrogen (secondary N) is 1. The summed E-state index contributed by atoms with van der Waals surface area (Å²) in [5.74, 6) is 7.27. The third kappa shape index (κ3) is 2.52. The lowest BCUT2D eigenvalue weighted by Crippen LogP contribution is -2.38. The zero-order chi connectivity index (χ0) is 15.2. The van der Waals surface area contributed by atoms with Gasteiger partial charge < -0.3 is 5.43 Å². The van der Waals surface area contributed by atoms with Gasteiger partial charge in [-0.25, -0.2) is 15.8 Å². The van der Waals surface area contributed by atoms with E-state index in [0.29, 0.717) is 0 Å². The molecule has 0 saturated carbocycles.